The topological polar surface area (TPSA) is 51.2 Å². The highest BCUT2D eigenvalue weighted by atomic mass is 16.2. The molecule has 2 aliphatic carbocycles. The summed E-state index contributed by atoms with van der Waals surface area (Å²) >= 11 is 0. The van der Waals surface area contributed by atoms with Crippen LogP contribution >= 0.6 is 0 Å². The van der Waals surface area contributed by atoms with Crippen LogP contribution in [0.1, 0.15) is 101 Å². The molecule has 0 aromatic heterocycles. The first kappa shape index (κ1) is 23.5. The maximum atomic E-state index is 13.3. The Kier molecular flexibility index (Phi) is 6.61. The van der Waals surface area contributed by atoms with Crippen molar-refractivity contribution in [3.05, 3.63) is 34.4 Å². The highest BCUT2D eigenvalue weighted by Crippen LogP contribution is 2.50. The average molecular weight is 421 g/mol. The van der Waals surface area contributed by atoms with E-state index >= 15 is 0 Å². The fourth-order valence-corrected chi connectivity index (χ4v) is 5.73. The van der Waals surface area contributed by atoms with Crippen LogP contribution in [0.15, 0.2) is 12.1 Å². The molecule has 2 fully saturated rings. The number of hydrogen-bond acceptors (Lipinski definition) is 3. The van der Waals surface area contributed by atoms with Gasteiger partial charge in [0.15, 0.2) is 0 Å². The summed E-state index contributed by atoms with van der Waals surface area (Å²) in [5.74, 6) is 5.87. The molecule has 3 rings (SSSR count). The van der Waals surface area contributed by atoms with E-state index in [4.69, 9.17) is 0 Å². The maximum absolute atomic E-state index is 13.3. The Bertz CT molecular complexity index is 913. The Morgan fingerprint density at radius 2 is 1.55 bits per heavy atom. The fraction of sp³-hybridized carbons (Fsp3) is 0.607. The molecule has 1 spiro atoms. The number of rotatable bonds is 3. The van der Waals surface area contributed by atoms with Crippen molar-refractivity contribution in [2.45, 2.75) is 92.4 Å². The van der Waals surface area contributed by atoms with Crippen molar-refractivity contribution in [2.75, 3.05) is 0 Å². The molecule has 0 bridgehead atoms. The summed E-state index contributed by atoms with van der Waals surface area (Å²) in [6.07, 6.45) is 4.74. The monoisotopic (exact) mass is 420 g/mol. The van der Waals surface area contributed by atoms with E-state index in [1.54, 1.807) is 6.92 Å². The predicted octanol–water partition coefficient (Wildman–Crippen LogP) is 5.87. The predicted molar refractivity (Wildman–Crippen MR) is 124 cm³/mol. The molecule has 166 valence electrons. The Morgan fingerprint density at radius 3 is 2.00 bits per heavy atom. The Labute approximate surface area is 187 Å². The Morgan fingerprint density at radius 1 is 1.03 bits per heavy atom. The van der Waals surface area contributed by atoms with Gasteiger partial charge in [0.05, 0.1) is 0 Å². The van der Waals surface area contributed by atoms with Crippen LogP contribution in [0, 0.1) is 42.4 Å². The zero-order chi connectivity index (χ0) is 23.0. The Hall–Kier alpha value is -2.21. The van der Waals surface area contributed by atoms with E-state index < -0.39 is 5.92 Å². The van der Waals surface area contributed by atoms with Gasteiger partial charge in [0.25, 0.3) is 0 Å². The van der Waals surface area contributed by atoms with Gasteiger partial charge in [-0.25, -0.2) is 0 Å². The SMILES string of the molecule is CC#Cc1cc(C)c(C2C(=O)CC3(CCC(C(=O)CC(C)(C)C)CC3)CC2=O)c(C)c1. The van der Waals surface area contributed by atoms with Gasteiger partial charge in [-0.05, 0) is 86.1 Å². The van der Waals surface area contributed by atoms with Gasteiger partial charge in [-0.1, -0.05) is 26.7 Å². The minimum atomic E-state index is -0.644. The van der Waals surface area contributed by atoms with Crippen LogP contribution < -0.4 is 0 Å². The summed E-state index contributed by atoms with van der Waals surface area (Å²) in [4.78, 5) is 39.2. The van der Waals surface area contributed by atoms with E-state index in [9.17, 15) is 14.4 Å². The van der Waals surface area contributed by atoms with Crippen molar-refractivity contribution in [3.8, 4) is 11.8 Å². The molecule has 0 atom stereocenters. The molecular weight excluding hydrogens is 384 g/mol. The van der Waals surface area contributed by atoms with Crippen molar-refractivity contribution in [3.63, 3.8) is 0 Å². The van der Waals surface area contributed by atoms with E-state index in [0.29, 0.717) is 25.0 Å². The van der Waals surface area contributed by atoms with Gasteiger partial charge >= 0.3 is 0 Å². The van der Waals surface area contributed by atoms with E-state index in [2.05, 4.69) is 32.6 Å². The minimum absolute atomic E-state index is 0.00416. The molecule has 1 aromatic rings. The Balaban J connectivity index is 1.74. The van der Waals surface area contributed by atoms with Gasteiger partial charge < -0.3 is 0 Å². The number of benzene rings is 1. The van der Waals surface area contributed by atoms with Gasteiger partial charge in [-0.2, -0.15) is 0 Å². The highest BCUT2D eigenvalue weighted by Gasteiger charge is 2.48. The molecule has 3 nitrogen and oxygen atoms in total. The zero-order valence-corrected chi connectivity index (χ0v) is 20.0. The first-order valence-corrected chi connectivity index (χ1v) is 11.6. The van der Waals surface area contributed by atoms with Crippen molar-refractivity contribution in [2.24, 2.45) is 16.7 Å². The van der Waals surface area contributed by atoms with Crippen LogP contribution in [0.2, 0.25) is 0 Å². The van der Waals surface area contributed by atoms with E-state index in [1.807, 2.05) is 26.0 Å². The van der Waals surface area contributed by atoms with Crippen LogP contribution in [0.4, 0.5) is 0 Å². The standard InChI is InChI=1S/C28H36O3/c1-7-8-20-13-18(2)25(19(3)14-20)26-23(30)16-28(17-24(26)31)11-9-21(10-12-28)22(29)15-27(4,5)6/h13-14,21,26H,9-12,15-17H2,1-6H3. The summed E-state index contributed by atoms with van der Waals surface area (Å²) in [7, 11) is 0. The number of carbonyl (C=O) groups excluding carboxylic acids is 3. The molecule has 2 saturated carbocycles. The maximum Gasteiger partial charge on any atom is 0.148 e. The smallest absolute Gasteiger partial charge is 0.148 e. The lowest BCUT2D eigenvalue weighted by Crippen LogP contribution is -2.42. The second-order valence-electron chi connectivity index (χ2n) is 11.1. The molecule has 0 unspecified atom stereocenters. The number of hydrogen-bond donors (Lipinski definition) is 0. The second kappa shape index (κ2) is 8.73. The van der Waals surface area contributed by atoms with Gasteiger partial charge in [-0.15, -0.1) is 5.92 Å². The van der Waals surface area contributed by atoms with Crippen molar-refractivity contribution in [1.82, 2.24) is 0 Å². The van der Waals surface area contributed by atoms with Crippen LogP contribution in [0.3, 0.4) is 0 Å². The molecule has 0 amide bonds. The number of aryl methyl sites for hydroxylation is 2. The molecule has 31 heavy (non-hydrogen) atoms. The fourth-order valence-electron chi connectivity index (χ4n) is 5.73. The third-order valence-corrected chi connectivity index (χ3v) is 7.10. The molecule has 1 aromatic carbocycles. The van der Waals surface area contributed by atoms with Crippen LogP contribution in [-0.2, 0) is 14.4 Å². The minimum Gasteiger partial charge on any atom is -0.299 e. The average Bonchev–Trinajstić information content (AvgIpc) is 2.62. The summed E-state index contributed by atoms with van der Waals surface area (Å²) in [6.45, 7) is 12.0. The summed E-state index contributed by atoms with van der Waals surface area (Å²) in [6, 6.07) is 3.96. The van der Waals surface area contributed by atoms with Crippen LogP contribution in [0.5, 0.6) is 0 Å². The molecule has 2 aliphatic rings. The van der Waals surface area contributed by atoms with Crippen molar-refractivity contribution < 1.29 is 14.4 Å². The molecule has 0 radical (unpaired) electrons. The largest absolute Gasteiger partial charge is 0.299 e. The lowest BCUT2D eigenvalue weighted by molar-refractivity contribution is -0.138. The normalized spacial score (nSPS) is 26.5. The van der Waals surface area contributed by atoms with E-state index in [-0.39, 0.29) is 28.3 Å². The van der Waals surface area contributed by atoms with Crippen molar-refractivity contribution >= 4 is 17.3 Å². The summed E-state index contributed by atoms with van der Waals surface area (Å²) < 4.78 is 0. The van der Waals surface area contributed by atoms with Gasteiger partial charge in [-0.3, -0.25) is 14.4 Å². The number of carbonyl (C=O) groups is 3. The number of ketones is 3. The zero-order valence-electron chi connectivity index (χ0n) is 20.0. The molecule has 0 N–H and O–H groups in total. The first-order valence-electron chi connectivity index (χ1n) is 11.6. The molecule has 0 heterocycles. The quantitative estimate of drug-likeness (QED) is 0.454. The number of Topliss-reactive ketones (excluding diaryl/α,β-unsaturated/α-hetero) is 3. The third kappa shape index (κ3) is 5.17. The third-order valence-electron chi connectivity index (χ3n) is 7.10. The second-order valence-corrected chi connectivity index (χ2v) is 11.1. The van der Waals surface area contributed by atoms with Gasteiger partial charge in [0.1, 0.15) is 23.3 Å². The lowest BCUT2D eigenvalue weighted by atomic mass is 9.59. The summed E-state index contributed by atoms with van der Waals surface area (Å²) in [5.41, 5.74) is 3.50. The highest BCUT2D eigenvalue weighted by molar-refractivity contribution is 6.10. The van der Waals surface area contributed by atoms with Crippen molar-refractivity contribution in [1.29, 1.82) is 0 Å². The molecular formula is C28H36O3. The van der Waals surface area contributed by atoms with Crippen LogP contribution in [0.25, 0.3) is 0 Å². The van der Waals surface area contributed by atoms with E-state index in [0.717, 1.165) is 47.9 Å². The first-order chi connectivity index (χ1) is 14.4. The lowest BCUT2D eigenvalue weighted by Gasteiger charge is -2.43. The van der Waals surface area contributed by atoms with Gasteiger partial charge in [0, 0.05) is 30.7 Å². The molecule has 3 heteroatoms. The molecule has 0 aliphatic heterocycles. The van der Waals surface area contributed by atoms with E-state index in [1.165, 1.54) is 0 Å². The summed E-state index contributed by atoms with van der Waals surface area (Å²) in [5, 5.41) is 0. The van der Waals surface area contributed by atoms with Gasteiger partial charge in [0.2, 0.25) is 0 Å². The molecule has 0 saturated heterocycles. The van der Waals surface area contributed by atoms with Crippen LogP contribution in [-0.4, -0.2) is 17.3 Å².